The Morgan fingerprint density at radius 1 is 1.22 bits per heavy atom. The van der Waals surface area contributed by atoms with Gasteiger partial charge in [0.1, 0.15) is 5.69 Å². The van der Waals surface area contributed by atoms with Gasteiger partial charge in [-0.25, -0.2) is 0 Å². The Morgan fingerprint density at radius 2 is 2.06 bits per heavy atom. The number of hydrogen-bond acceptors (Lipinski definition) is 5. The van der Waals surface area contributed by atoms with Crippen molar-refractivity contribution in [2.45, 2.75) is 32.2 Å². The van der Waals surface area contributed by atoms with Crippen LogP contribution in [0.2, 0.25) is 0 Å². The normalized spacial score (nSPS) is 19.1. The molecule has 2 aliphatic rings. The molecule has 32 heavy (non-hydrogen) atoms. The molecule has 1 aliphatic heterocycles. The minimum Gasteiger partial charge on any atom is -0.354 e. The maximum absolute atomic E-state index is 12.4. The van der Waals surface area contributed by atoms with Crippen LogP contribution in [0.15, 0.2) is 47.5 Å². The molecule has 164 valence electrons. The molecule has 0 radical (unpaired) electrons. The molecule has 1 saturated carbocycles. The van der Waals surface area contributed by atoms with E-state index in [0.717, 1.165) is 60.2 Å². The summed E-state index contributed by atoms with van der Waals surface area (Å²) in [4.78, 5) is 38.4. The van der Waals surface area contributed by atoms with Crippen LogP contribution >= 0.6 is 0 Å². The van der Waals surface area contributed by atoms with Crippen molar-refractivity contribution in [3.63, 3.8) is 0 Å². The van der Waals surface area contributed by atoms with Gasteiger partial charge in [-0.2, -0.15) is 0 Å². The third kappa shape index (κ3) is 4.08. The minimum absolute atomic E-state index is 0.0224. The summed E-state index contributed by atoms with van der Waals surface area (Å²) in [5.74, 6) is 0.573. The molecule has 5 rings (SSSR count). The van der Waals surface area contributed by atoms with Crippen LogP contribution in [-0.2, 0) is 6.54 Å². The van der Waals surface area contributed by atoms with E-state index in [9.17, 15) is 9.59 Å². The summed E-state index contributed by atoms with van der Waals surface area (Å²) < 4.78 is 0. The van der Waals surface area contributed by atoms with Crippen LogP contribution < -0.4 is 10.9 Å². The summed E-state index contributed by atoms with van der Waals surface area (Å²) in [5, 5.41) is 2.60. The molecule has 0 spiro atoms. The van der Waals surface area contributed by atoms with E-state index in [2.05, 4.69) is 38.2 Å². The highest BCUT2D eigenvalue weighted by molar-refractivity contribution is 5.92. The van der Waals surface area contributed by atoms with Crippen molar-refractivity contribution in [1.29, 1.82) is 0 Å². The van der Waals surface area contributed by atoms with Gasteiger partial charge in [0.15, 0.2) is 0 Å². The summed E-state index contributed by atoms with van der Waals surface area (Å²) in [7, 11) is 1.60. The molecule has 0 saturated heterocycles. The van der Waals surface area contributed by atoms with Gasteiger partial charge in [-0.05, 0) is 59.6 Å². The number of carbonyl (C=O) groups excluding carboxylic acids is 1. The number of amides is 1. The van der Waals surface area contributed by atoms with Gasteiger partial charge in [0.25, 0.3) is 11.5 Å². The van der Waals surface area contributed by atoms with Crippen molar-refractivity contribution in [1.82, 2.24) is 25.2 Å². The quantitative estimate of drug-likeness (QED) is 0.650. The standard InChI is InChI=1S/C25H27N5O2/c1-15-13-30(8-7-19(15)18-5-6-21(28-12-18)25(32)26-2)14-16-9-23-22(27-11-16)10-20(17-3-4-17)24(31)29-23/h5-7,9-12,15,17H,3-4,8,13-14H2,1-2H3,(H,26,32)(H,29,31)/t15-/m0/s1. The van der Waals surface area contributed by atoms with Gasteiger partial charge in [-0.3, -0.25) is 24.5 Å². The molecule has 3 aromatic heterocycles. The van der Waals surface area contributed by atoms with Crippen molar-refractivity contribution < 1.29 is 4.79 Å². The Hall–Kier alpha value is -3.32. The minimum atomic E-state index is -0.178. The zero-order valence-corrected chi connectivity index (χ0v) is 18.4. The number of nitrogens with one attached hydrogen (secondary N) is 2. The number of carbonyl (C=O) groups is 1. The van der Waals surface area contributed by atoms with Crippen molar-refractivity contribution in [3.05, 3.63) is 75.5 Å². The van der Waals surface area contributed by atoms with Crippen LogP contribution in [0.1, 0.15) is 52.9 Å². The van der Waals surface area contributed by atoms with Crippen molar-refractivity contribution in [2.24, 2.45) is 5.92 Å². The molecule has 3 aromatic rings. The summed E-state index contributed by atoms with van der Waals surface area (Å²) >= 11 is 0. The highest BCUT2D eigenvalue weighted by Crippen LogP contribution is 2.38. The molecule has 2 N–H and O–H groups in total. The fourth-order valence-corrected chi connectivity index (χ4v) is 4.53. The molecular formula is C25H27N5O2. The number of fused-ring (bicyclic) bond motifs is 1. The third-order valence-corrected chi connectivity index (χ3v) is 6.39. The van der Waals surface area contributed by atoms with Crippen LogP contribution in [-0.4, -0.2) is 45.9 Å². The topological polar surface area (TPSA) is 91.0 Å². The first-order valence-corrected chi connectivity index (χ1v) is 11.1. The van der Waals surface area contributed by atoms with Gasteiger partial charge < -0.3 is 10.3 Å². The second-order valence-corrected chi connectivity index (χ2v) is 8.87. The van der Waals surface area contributed by atoms with Gasteiger partial charge in [0.2, 0.25) is 0 Å². The first-order chi connectivity index (χ1) is 15.5. The van der Waals surface area contributed by atoms with E-state index in [-0.39, 0.29) is 11.5 Å². The number of hydrogen-bond donors (Lipinski definition) is 2. The van der Waals surface area contributed by atoms with Gasteiger partial charge in [0.05, 0.1) is 11.0 Å². The average molecular weight is 430 g/mol. The highest BCUT2D eigenvalue weighted by Gasteiger charge is 2.27. The molecular weight excluding hydrogens is 402 g/mol. The Balaban J connectivity index is 1.30. The summed E-state index contributed by atoms with van der Waals surface area (Å²) in [6.45, 7) is 4.72. The summed E-state index contributed by atoms with van der Waals surface area (Å²) in [6, 6.07) is 7.74. The number of pyridine rings is 3. The second kappa shape index (κ2) is 8.31. The third-order valence-electron chi connectivity index (χ3n) is 6.39. The summed E-state index contributed by atoms with van der Waals surface area (Å²) in [5.41, 5.74) is 6.39. The average Bonchev–Trinajstić information content (AvgIpc) is 3.64. The number of aromatic amines is 1. The van der Waals surface area contributed by atoms with Crippen LogP contribution in [0.25, 0.3) is 16.6 Å². The van der Waals surface area contributed by atoms with E-state index >= 15 is 0 Å². The van der Waals surface area contributed by atoms with Crippen molar-refractivity contribution in [3.8, 4) is 0 Å². The van der Waals surface area contributed by atoms with Gasteiger partial charge in [-0.15, -0.1) is 0 Å². The number of nitrogens with zero attached hydrogens (tertiary/aromatic N) is 3. The van der Waals surface area contributed by atoms with E-state index in [1.165, 1.54) is 5.57 Å². The SMILES string of the molecule is CNC(=O)c1ccc(C2=CCN(Cc3cnc4cc(C5CC5)c(=O)[nH]c4c3)C[C@@H]2C)cn1. The van der Waals surface area contributed by atoms with E-state index in [0.29, 0.717) is 17.5 Å². The zero-order chi connectivity index (χ0) is 22.2. The van der Waals surface area contributed by atoms with Gasteiger partial charge >= 0.3 is 0 Å². The molecule has 4 heterocycles. The van der Waals surface area contributed by atoms with Gasteiger partial charge in [-0.1, -0.05) is 19.1 Å². The molecule has 1 fully saturated rings. The van der Waals surface area contributed by atoms with E-state index in [1.54, 1.807) is 19.3 Å². The second-order valence-electron chi connectivity index (χ2n) is 8.87. The molecule has 7 heteroatoms. The first-order valence-electron chi connectivity index (χ1n) is 11.1. The molecule has 1 atom stereocenters. The molecule has 1 aliphatic carbocycles. The van der Waals surface area contributed by atoms with Crippen molar-refractivity contribution >= 4 is 22.5 Å². The predicted octanol–water partition coefficient (Wildman–Crippen LogP) is 3.09. The monoisotopic (exact) mass is 429 g/mol. The Kier molecular flexibility index (Phi) is 5.35. The molecule has 1 amide bonds. The fourth-order valence-electron chi connectivity index (χ4n) is 4.53. The largest absolute Gasteiger partial charge is 0.354 e. The summed E-state index contributed by atoms with van der Waals surface area (Å²) in [6.07, 6.45) is 8.14. The number of H-pyrrole nitrogens is 1. The maximum atomic E-state index is 12.4. The smallest absolute Gasteiger partial charge is 0.269 e. The number of aromatic nitrogens is 3. The zero-order valence-electron chi connectivity index (χ0n) is 18.4. The lowest BCUT2D eigenvalue weighted by Crippen LogP contribution is -2.33. The lowest BCUT2D eigenvalue weighted by Gasteiger charge is -2.31. The Labute approximate surface area is 186 Å². The molecule has 0 unspecified atom stereocenters. The Morgan fingerprint density at radius 3 is 2.75 bits per heavy atom. The number of rotatable bonds is 5. The lowest BCUT2D eigenvalue weighted by atomic mass is 9.91. The van der Waals surface area contributed by atoms with Gasteiger partial charge in [0, 0.05) is 44.6 Å². The Bertz CT molecular complexity index is 1260. The fraction of sp³-hybridized carbons (Fsp3) is 0.360. The molecule has 0 aromatic carbocycles. The predicted molar refractivity (Wildman–Crippen MR) is 124 cm³/mol. The van der Waals surface area contributed by atoms with E-state index in [1.807, 2.05) is 24.4 Å². The van der Waals surface area contributed by atoms with Crippen LogP contribution in [0, 0.1) is 5.92 Å². The molecule has 7 nitrogen and oxygen atoms in total. The van der Waals surface area contributed by atoms with E-state index < -0.39 is 0 Å². The maximum Gasteiger partial charge on any atom is 0.269 e. The highest BCUT2D eigenvalue weighted by atomic mass is 16.1. The van der Waals surface area contributed by atoms with Crippen LogP contribution in [0.3, 0.4) is 0 Å². The van der Waals surface area contributed by atoms with Crippen LogP contribution in [0.4, 0.5) is 0 Å². The lowest BCUT2D eigenvalue weighted by molar-refractivity contribution is 0.0958. The van der Waals surface area contributed by atoms with Crippen molar-refractivity contribution in [2.75, 3.05) is 20.1 Å². The molecule has 0 bridgehead atoms. The van der Waals surface area contributed by atoms with Crippen LogP contribution in [0.5, 0.6) is 0 Å². The first kappa shape index (κ1) is 20.6. The van der Waals surface area contributed by atoms with E-state index in [4.69, 9.17) is 0 Å².